The van der Waals surface area contributed by atoms with Gasteiger partial charge in [-0.3, -0.25) is 0 Å². The first-order chi connectivity index (χ1) is 38.7. The van der Waals surface area contributed by atoms with Crippen molar-refractivity contribution in [3.8, 4) is 46.5 Å². The van der Waals surface area contributed by atoms with Crippen molar-refractivity contribution < 1.29 is 18.9 Å². The number of ether oxygens (including phenoxy) is 4. The van der Waals surface area contributed by atoms with Gasteiger partial charge in [0.1, 0.15) is 23.0 Å². The van der Waals surface area contributed by atoms with Crippen molar-refractivity contribution in [1.82, 2.24) is 9.97 Å². The zero-order valence-electron chi connectivity index (χ0n) is 48.2. The van der Waals surface area contributed by atoms with Crippen LogP contribution in [0.15, 0.2) is 152 Å². The van der Waals surface area contributed by atoms with Crippen LogP contribution in [0.4, 0.5) is 33.4 Å². The zero-order chi connectivity index (χ0) is 55.7. The molecule has 0 saturated heterocycles. The number of thiophene rings is 1. The van der Waals surface area contributed by atoms with Crippen LogP contribution in [0.5, 0.6) is 46.5 Å². The van der Waals surface area contributed by atoms with Crippen molar-refractivity contribution in [3.05, 3.63) is 179 Å². The molecule has 4 aliphatic heterocycles. The number of pyridine rings is 2. The molecular formula is C70H66B2N4O4S. The lowest BCUT2D eigenvalue weighted by molar-refractivity contribution is 0.330. The fourth-order valence-corrected chi connectivity index (χ4v) is 15.4. The average Bonchev–Trinajstić information content (AvgIpc) is 2.97. The summed E-state index contributed by atoms with van der Waals surface area (Å²) in [6.45, 7) is 25.3. The highest BCUT2D eigenvalue weighted by atomic mass is 32.1. The molecule has 0 unspecified atom stereocenters. The van der Waals surface area contributed by atoms with Crippen LogP contribution in [0.2, 0.25) is 0 Å². The van der Waals surface area contributed by atoms with Crippen molar-refractivity contribution in [2.75, 3.05) is 9.80 Å². The zero-order valence-corrected chi connectivity index (χ0v) is 49.1. The van der Waals surface area contributed by atoms with Crippen LogP contribution in [0.25, 0.3) is 0 Å². The summed E-state index contributed by atoms with van der Waals surface area (Å²) in [5.41, 5.74) is 17.1. The topological polar surface area (TPSA) is 69.2 Å². The van der Waals surface area contributed by atoms with E-state index in [0.717, 1.165) is 92.9 Å². The van der Waals surface area contributed by atoms with Gasteiger partial charge in [-0.1, -0.05) is 155 Å². The number of nitrogens with zero attached hydrogens (tertiary/aromatic N) is 4. The van der Waals surface area contributed by atoms with Gasteiger partial charge in [-0.2, -0.15) is 9.97 Å². The molecule has 0 radical (unpaired) electrons. The first kappa shape index (κ1) is 50.2. The minimum Gasteiger partial charge on any atom is -0.440 e. The smallest absolute Gasteiger partial charge is 0.259 e. The van der Waals surface area contributed by atoms with Crippen LogP contribution < -0.4 is 61.5 Å². The van der Waals surface area contributed by atoms with Gasteiger partial charge >= 0.3 is 0 Å². The maximum atomic E-state index is 7.26. The highest BCUT2D eigenvalue weighted by molar-refractivity contribution is 7.20. The summed E-state index contributed by atoms with van der Waals surface area (Å²) >= 11 is 1.86. The fourth-order valence-electron chi connectivity index (χ4n) is 14.1. The van der Waals surface area contributed by atoms with Crippen LogP contribution in [0.1, 0.15) is 129 Å². The predicted octanol–water partition coefficient (Wildman–Crippen LogP) is 14.9. The van der Waals surface area contributed by atoms with E-state index in [9.17, 15) is 0 Å². The third-order valence-corrected chi connectivity index (χ3v) is 20.4. The molecule has 7 heterocycles. The summed E-state index contributed by atoms with van der Waals surface area (Å²) in [4.78, 5) is 16.7. The van der Waals surface area contributed by atoms with Crippen molar-refractivity contribution in [3.63, 3.8) is 0 Å². The maximum Gasteiger partial charge on any atom is 0.259 e. The molecule has 3 aromatic heterocycles. The minimum atomic E-state index is -0.230. The van der Waals surface area contributed by atoms with E-state index >= 15 is 0 Å². The largest absolute Gasteiger partial charge is 0.440 e. The molecule has 15 rings (SSSR count). The first-order valence-electron chi connectivity index (χ1n) is 28.9. The van der Waals surface area contributed by atoms with Crippen LogP contribution >= 0.6 is 11.3 Å². The van der Waals surface area contributed by atoms with Crippen molar-refractivity contribution in [2.45, 2.75) is 129 Å². The van der Waals surface area contributed by atoms with Gasteiger partial charge in [-0.15, -0.1) is 11.3 Å². The van der Waals surface area contributed by atoms with Gasteiger partial charge in [0.05, 0.1) is 16.4 Å². The number of hydrogen-bond donors (Lipinski definition) is 0. The quantitative estimate of drug-likeness (QED) is 0.153. The molecule has 402 valence electrons. The summed E-state index contributed by atoms with van der Waals surface area (Å²) in [6.07, 6.45) is 4.49. The monoisotopic (exact) mass is 1080 g/mol. The third kappa shape index (κ3) is 7.84. The fraction of sp³-hybridized carbons (Fsp3) is 0.286. The van der Waals surface area contributed by atoms with E-state index < -0.39 is 0 Å². The molecule has 2 aliphatic carbocycles. The number of anilines is 6. The molecule has 0 spiro atoms. The summed E-state index contributed by atoms with van der Waals surface area (Å²) in [5.74, 6) is 4.83. The Hall–Kier alpha value is -7.75. The van der Waals surface area contributed by atoms with Crippen molar-refractivity contribution in [2.24, 2.45) is 0 Å². The molecule has 8 nitrogen and oxygen atoms in total. The number of para-hydroxylation sites is 3. The summed E-state index contributed by atoms with van der Waals surface area (Å²) < 4.78 is 28.4. The van der Waals surface area contributed by atoms with E-state index in [4.69, 9.17) is 28.9 Å². The predicted molar refractivity (Wildman–Crippen MR) is 334 cm³/mol. The van der Waals surface area contributed by atoms with Crippen LogP contribution in [0, 0.1) is 0 Å². The standard InChI is InChI=1S/C70H66B2N4O4S/c1-66(2,3)58-37-52-65(81-58)76(42-22-16-13-17-23-42)55-39-60(78-44-27-29-46-48(35-44)70(10,11)33-31-68(46,6)7)74-64-62(55)72(52)51-36-50-56(40-57(51)80-64)79-63-61-54(75(41-20-14-12-15-21-41)53-25-19-18-24-49(53)71(50)61)38-59(73-63)77-43-26-28-45-47(34-43)69(8,9)32-30-67(45,4)5/h12-29,34-40H,30-33H2,1-11H3. The average molecular weight is 1080 g/mol. The van der Waals surface area contributed by atoms with Crippen molar-refractivity contribution >= 4 is 91.0 Å². The summed E-state index contributed by atoms with van der Waals surface area (Å²) in [7, 11) is 0. The molecular weight excluding hydrogens is 1010 g/mol. The number of hydrogen-bond acceptors (Lipinski definition) is 9. The van der Waals surface area contributed by atoms with Gasteiger partial charge < -0.3 is 28.7 Å². The number of rotatable bonds is 6. The molecule has 9 aromatic rings. The number of fused-ring (bicyclic) bond motifs is 10. The molecule has 81 heavy (non-hydrogen) atoms. The molecule has 0 atom stereocenters. The molecule has 0 amide bonds. The lowest BCUT2D eigenvalue weighted by Crippen LogP contribution is -2.63. The van der Waals surface area contributed by atoms with Gasteiger partial charge in [0.25, 0.3) is 13.4 Å². The van der Waals surface area contributed by atoms with E-state index in [1.807, 2.05) is 11.3 Å². The Kier molecular flexibility index (Phi) is 10.8. The van der Waals surface area contributed by atoms with Gasteiger partial charge in [0.2, 0.25) is 23.5 Å². The molecule has 0 bridgehead atoms. The molecule has 0 N–H and O–H groups in total. The van der Waals surface area contributed by atoms with Crippen LogP contribution in [-0.4, -0.2) is 23.4 Å². The second kappa shape index (κ2) is 17.4. The summed E-state index contributed by atoms with van der Waals surface area (Å²) in [5, 5.41) is 1.17. The minimum absolute atomic E-state index is 0.00882. The molecule has 11 heteroatoms. The molecule has 6 aliphatic rings. The third-order valence-electron chi connectivity index (χ3n) is 18.8. The van der Waals surface area contributed by atoms with Gasteiger partial charge in [0, 0.05) is 51.1 Å². The molecule has 0 saturated carbocycles. The SMILES string of the molecule is CC(C)(C)c1cc2c(s1)N(c1ccccc1)c1cc(Oc3ccc4c(c3)C(C)(C)CCC4(C)C)nc3c1B2c1cc2c(cc1O3)Oc1nc(Oc3ccc4c(c3)C(C)(C)CCC4(C)C)cc3c1B2c1ccccc1N3c1ccccc1. The maximum absolute atomic E-state index is 7.26. The van der Waals surface area contributed by atoms with E-state index in [1.54, 1.807) is 0 Å². The molecule has 0 fully saturated rings. The highest BCUT2D eigenvalue weighted by Crippen LogP contribution is 2.52. The Balaban J connectivity index is 0.912. The van der Waals surface area contributed by atoms with E-state index in [1.165, 1.54) is 37.6 Å². The Bertz CT molecular complexity index is 4110. The first-order valence-corrected chi connectivity index (χ1v) is 29.8. The van der Waals surface area contributed by atoms with Gasteiger partial charge in [-0.05, 0) is 151 Å². The lowest BCUT2D eigenvalue weighted by Gasteiger charge is -2.42. The lowest BCUT2D eigenvalue weighted by atomic mass is 9.31. The number of benzene rings is 6. The number of aromatic nitrogens is 2. The normalized spacial score (nSPS) is 17.6. The van der Waals surface area contributed by atoms with Gasteiger partial charge in [-0.25, -0.2) is 0 Å². The van der Waals surface area contributed by atoms with Crippen LogP contribution in [-0.2, 0) is 27.1 Å². The van der Waals surface area contributed by atoms with Crippen LogP contribution in [0.3, 0.4) is 0 Å². The second-order valence-corrected chi connectivity index (χ2v) is 28.1. The Labute approximate surface area is 481 Å². The van der Waals surface area contributed by atoms with Gasteiger partial charge in [0.15, 0.2) is 0 Å². The summed E-state index contributed by atoms with van der Waals surface area (Å²) in [6, 6.07) is 54.5. The van der Waals surface area contributed by atoms with E-state index in [2.05, 4.69) is 238 Å². The molecule has 6 aromatic carbocycles. The highest BCUT2D eigenvalue weighted by Gasteiger charge is 2.49. The van der Waals surface area contributed by atoms with E-state index in [0.29, 0.717) is 35.0 Å². The van der Waals surface area contributed by atoms with Crippen molar-refractivity contribution in [1.29, 1.82) is 0 Å². The van der Waals surface area contributed by atoms with E-state index in [-0.39, 0.29) is 40.5 Å². The second-order valence-electron chi connectivity index (χ2n) is 27.1. The Morgan fingerprint density at radius 3 is 1.43 bits per heavy atom. The Morgan fingerprint density at radius 1 is 0.457 bits per heavy atom. The Morgan fingerprint density at radius 2 is 0.914 bits per heavy atom.